The van der Waals surface area contributed by atoms with Crippen LogP contribution in [0.1, 0.15) is 0 Å². The average Bonchev–Trinajstić information content (AvgIpc) is 3.86. The SMILES string of the molecule is c1ccc(-c2nc(-c3ccc4ccc(-c5cccc6sc7cc8nc(-c9ccccc9)sc8cc7c56)cc4c3)nc(-c3ccccc3-c3ccccc3)n2)cc1. The van der Waals surface area contributed by atoms with E-state index in [0.29, 0.717) is 17.5 Å². The van der Waals surface area contributed by atoms with Crippen LogP contribution in [0.15, 0.2) is 182 Å². The number of rotatable bonds is 6. The molecule has 0 fully saturated rings. The van der Waals surface area contributed by atoms with Crippen molar-refractivity contribution in [1.29, 1.82) is 0 Å². The highest BCUT2D eigenvalue weighted by Gasteiger charge is 2.18. The molecule has 6 heteroatoms. The summed E-state index contributed by atoms with van der Waals surface area (Å²) >= 11 is 3.59. The molecule has 0 aliphatic heterocycles. The van der Waals surface area contributed by atoms with E-state index < -0.39 is 0 Å². The van der Waals surface area contributed by atoms with Crippen molar-refractivity contribution in [3.8, 4) is 67.0 Å². The summed E-state index contributed by atoms with van der Waals surface area (Å²) in [4.78, 5) is 20.3. The predicted octanol–water partition coefficient (Wildman–Crippen LogP) is 14.0. The summed E-state index contributed by atoms with van der Waals surface area (Å²) < 4.78 is 3.72. The number of thiophene rings is 1. The highest BCUT2D eigenvalue weighted by atomic mass is 32.1. The van der Waals surface area contributed by atoms with E-state index in [1.807, 2.05) is 47.7 Å². The molecule has 0 saturated heterocycles. The number of hydrogen-bond acceptors (Lipinski definition) is 6. The third-order valence-corrected chi connectivity index (χ3v) is 12.5. The second kappa shape index (κ2) is 13.5. The second-order valence-electron chi connectivity index (χ2n) is 13.8. The lowest BCUT2D eigenvalue weighted by atomic mass is 9.96. The van der Waals surface area contributed by atoms with Crippen LogP contribution in [0.4, 0.5) is 0 Å². The molecule has 0 spiro atoms. The average molecular weight is 751 g/mol. The molecule has 0 saturated carbocycles. The molecule has 0 aliphatic rings. The molecule has 0 radical (unpaired) electrons. The predicted molar refractivity (Wildman–Crippen MR) is 236 cm³/mol. The third kappa shape index (κ3) is 5.75. The van der Waals surface area contributed by atoms with Gasteiger partial charge in [-0.1, -0.05) is 152 Å². The zero-order chi connectivity index (χ0) is 37.0. The fourth-order valence-corrected chi connectivity index (χ4v) is 9.77. The van der Waals surface area contributed by atoms with Crippen molar-refractivity contribution in [2.24, 2.45) is 0 Å². The minimum atomic E-state index is 0.637. The van der Waals surface area contributed by atoms with Crippen LogP contribution < -0.4 is 0 Å². The van der Waals surface area contributed by atoms with Gasteiger partial charge in [-0.15, -0.1) is 22.7 Å². The van der Waals surface area contributed by atoms with E-state index in [-0.39, 0.29) is 0 Å². The second-order valence-corrected chi connectivity index (χ2v) is 16.0. The molecular formula is C50H30N4S2. The van der Waals surface area contributed by atoms with Crippen LogP contribution >= 0.6 is 22.7 Å². The normalized spacial score (nSPS) is 11.6. The molecule has 3 heterocycles. The molecule has 11 rings (SSSR count). The Kier molecular flexibility index (Phi) is 7.83. The molecule has 11 aromatic rings. The summed E-state index contributed by atoms with van der Waals surface area (Å²) in [5, 5.41) is 5.89. The Labute approximate surface area is 331 Å². The summed E-state index contributed by atoms with van der Waals surface area (Å²) in [5.74, 6) is 1.92. The highest BCUT2D eigenvalue weighted by molar-refractivity contribution is 7.26. The largest absolute Gasteiger partial charge is 0.236 e. The summed E-state index contributed by atoms with van der Waals surface area (Å²) in [6.07, 6.45) is 0. The number of nitrogens with zero attached hydrogens (tertiary/aromatic N) is 4. The minimum Gasteiger partial charge on any atom is -0.236 e. The Balaban J connectivity index is 1.04. The monoisotopic (exact) mass is 750 g/mol. The number of aromatic nitrogens is 4. The smallest absolute Gasteiger partial charge is 0.164 e. The lowest BCUT2D eigenvalue weighted by Crippen LogP contribution is -2.01. The Morgan fingerprint density at radius 2 is 0.929 bits per heavy atom. The minimum absolute atomic E-state index is 0.637. The van der Waals surface area contributed by atoms with Gasteiger partial charge in [0.1, 0.15) is 5.01 Å². The maximum Gasteiger partial charge on any atom is 0.164 e. The first kappa shape index (κ1) is 32.6. The van der Waals surface area contributed by atoms with Crippen LogP contribution in [0.5, 0.6) is 0 Å². The van der Waals surface area contributed by atoms with Gasteiger partial charge < -0.3 is 0 Å². The van der Waals surface area contributed by atoms with E-state index in [2.05, 4.69) is 146 Å². The molecule has 0 N–H and O–H groups in total. The van der Waals surface area contributed by atoms with Gasteiger partial charge in [0.2, 0.25) is 0 Å². The van der Waals surface area contributed by atoms with Crippen molar-refractivity contribution in [3.05, 3.63) is 182 Å². The fraction of sp³-hybridized carbons (Fsp3) is 0. The molecule has 262 valence electrons. The molecule has 8 aromatic carbocycles. The maximum atomic E-state index is 5.16. The van der Waals surface area contributed by atoms with E-state index in [4.69, 9.17) is 19.9 Å². The quantitative estimate of drug-likeness (QED) is 0.170. The van der Waals surface area contributed by atoms with Crippen molar-refractivity contribution in [2.75, 3.05) is 0 Å². The molecule has 0 amide bonds. The lowest BCUT2D eigenvalue weighted by molar-refractivity contribution is 1.07. The van der Waals surface area contributed by atoms with Gasteiger partial charge in [0, 0.05) is 42.4 Å². The molecule has 0 bridgehead atoms. The van der Waals surface area contributed by atoms with Crippen molar-refractivity contribution in [1.82, 2.24) is 19.9 Å². The maximum absolute atomic E-state index is 5.16. The number of thiazole rings is 1. The number of benzene rings is 8. The van der Waals surface area contributed by atoms with E-state index in [1.54, 1.807) is 11.3 Å². The van der Waals surface area contributed by atoms with Crippen LogP contribution in [0.3, 0.4) is 0 Å². The Bertz CT molecular complexity index is 3240. The van der Waals surface area contributed by atoms with Crippen LogP contribution in [-0.2, 0) is 0 Å². The van der Waals surface area contributed by atoms with E-state index >= 15 is 0 Å². The zero-order valence-corrected chi connectivity index (χ0v) is 31.6. The van der Waals surface area contributed by atoms with Gasteiger partial charge in [0.25, 0.3) is 0 Å². The Hall–Kier alpha value is -6.86. The standard InChI is InChI=1S/C50H30N4S2/c1-4-13-32(14-5-1)38-19-10-11-20-40(38)49-53-47(33-15-6-2-7-16-33)52-48(54-49)36-26-24-31-23-25-35(27-37(31)28-36)39-21-12-22-43-46(39)41-29-45-42(30-44(41)55-43)51-50(56-45)34-17-8-3-9-18-34/h1-30H. The Morgan fingerprint density at radius 1 is 0.321 bits per heavy atom. The molecule has 0 unspecified atom stereocenters. The van der Waals surface area contributed by atoms with Crippen LogP contribution in [0, 0.1) is 0 Å². The van der Waals surface area contributed by atoms with Crippen molar-refractivity contribution >= 4 is 63.8 Å². The van der Waals surface area contributed by atoms with Gasteiger partial charge in [-0.25, -0.2) is 19.9 Å². The van der Waals surface area contributed by atoms with Crippen LogP contribution in [0.2, 0.25) is 0 Å². The molecular weight excluding hydrogens is 721 g/mol. The fourth-order valence-electron chi connectivity index (χ4n) is 7.63. The van der Waals surface area contributed by atoms with Crippen LogP contribution in [-0.4, -0.2) is 19.9 Å². The zero-order valence-electron chi connectivity index (χ0n) is 29.9. The first-order chi connectivity index (χ1) is 27.7. The molecule has 0 aliphatic carbocycles. The Morgan fingerprint density at radius 3 is 1.70 bits per heavy atom. The number of hydrogen-bond donors (Lipinski definition) is 0. The van der Waals surface area contributed by atoms with Gasteiger partial charge in [0.05, 0.1) is 10.2 Å². The summed E-state index contributed by atoms with van der Waals surface area (Å²) in [7, 11) is 0. The van der Waals surface area contributed by atoms with Crippen molar-refractivity contribution in [2.45, 2.75) is 0 Å². The summed E-state index contributed by atoms with van der Waals surface area (Å²) in [6, 6.07) is 63.9. The van der Waals surface area contributed by atoms with Gasteiger partial charge in [-0.2, -0.15) is 0 Å². The van der Waals surface area contributed by atoms with E-state index in [9.17, 15) is 0 Å². The van der Waals surface area contributed by atoms with Gasteiger partial charge in [0.15, 0.2) is 17.5 Å². The van der Waals surface area contributed by atoms with Crippen molar-refractivity contribution in [3.63, 3.8) is 0 Å². The molecule has 0 atom stereocenters. The first-order valence-electron chi connectivity index (χ1n) is 18.5. The van der Waals surface area contributed by atoms with Gasteiger partial charge in [-0.05, 0) is 63.4 Å². The lowest BCUT2D eigenvalue weighted by Gasteiger charge is -2.12. The van der Waals surface area contributed by atoms with Crippen LogP contribution in [0.25, 0.3) is 108 Å². The van der Waals surface area contributed by atoms with Crippen molar-refractivity contribution < 1.29 is 0 Å². The summed E-state index contributed by atoms with van der Waals surface area (Å²) in [6.45, 7) is 0. The van der Waals surface area contributed by atoms with Gasteiger partial charge >= 0.3 is 0 Å². The molecule has 3 aromatic heterocycles. The third-order valence-electron chi connectivity index (χ3n) is 10.4. The topological polar surface area (TPSA) is 51.6 Å². The van der Waals surface area contributed by atoms with E-state index in [1.165, 1.54) is 36.0 Å². The first-order valence-corrected chi connectivity index (χ1v) is 20.2. The molecule has 56 heavy (non-hydrogen) atoms. The summed E-state index contributed by atoms with van der Waals surface area (Å²) in [5.41, 5.74) is 9.64. The van der Waals surface area contributed by atoms with Gasteiger partial charge in [-0.3, -0.25) is 0 Å². The highest BCUT2D eigenvalue weighted by Crippen LogP contribution is 2.44. The molecule has 4 nitrogen and oxygen atoms in total. The number of fused-ring (bicyclic) bond motifs is 5. The van der Waals surface area contributed by atoms with E-state index in [0.717, 1.165) is 54.7 Å².